The Balaban J connectivity index is 3.32. The third-order valence-electron chi connectivity index (χ3n) is 15.5. The number of carbonyl (C=O) groups excluding carboxylic acids is 2. The molecule has 1 amide bonds. The summed E-state index contributed by atoms with van der Waals surface area (Å²) in [6, 6.07) is -0.623. The van der Waals surface area contributed by atoms with Gasteiger partial charge in [-0.3, -0.25) is 9.59 Å². The molecule has 0 radical (unpaired) electrons. The van der Waals surface area contributed by atoms with Crippen LogP contribution in [0.15, 0.2) is 24.3 Å². The van der Waals surface area contributed by atoms with Gasteiger partial charge in [0, 0.05) is 12.8 Å². The second-order valence-corrected chi connectivity index (χ2v) is 22.8. The van der Waals surface area contributed by atoms with Gasteiger partial charge in [-0.1, -0.05) is 321 Å². The van der Waals surface area contributed by atoms with Crippen molar-refractivity contribution in [2.45, 2.75) is 379 Å². The molecule has 0 aromatic carbocycles. The maximum atomic E-state index is 12.4. The maximum absolute atomic E-state index is 12.4. The number of amides is 1. The molecule has 2 unspecified atom stereocenters. The number of hydrogen-bond donors (Lipinski definition) is 3. The number of unbranched alkanes of at least 4 members (excludes halogenated alkanes) is 49. The molecule has 6 heteroatoms. The van der Waals surface area contributed by atoms with Crippen molar-refractivity contribution in [3.63, 3.8) is 0 Å². The first-order valence-corrected chi connectivity index (χ1v) is 33.1. The molecule has 0 saturated heterocycles. The molecule has 0 aliphatic heterocycles. The molecule has 0 spiro atoms. The molecule has 0 aromatic heterocycles. The first-order valence-electron chi connectivity index (χ1n) is 33.1. The lowest BCUT2D eigenvalue weighted by molar-refractivity contribution is -0.143. The van der Waals surface area contributed by atoms with Gasteiger partial charge < -0.3 is 20.3 Å². The summed E-state index contributed by atoms with van der Waals surface area (Å²) >= 11 is 0. The van der Waals surface area contributed by atoms with Crippen LogP contribution in [0.3, 0.4) is 0 Å². The van der Waals surface area contributed by atoms with Crippen molar-refractivity contribution in [3.8, 4) is 0 Å². The third kappa shape index (κ3) is 59.4. The van der Waals surface area contributed by atoms with E-state index in [0.29, 0.717) is 19.4 Å². The zero-order valence-electron chi connectivity index (χ0n) is 49.4. The average Bonchev–Trinajstić information content (AvgIpc) is 3.39. The number of hydrogen-bond acceptors (Lipinski definition) is 5. The summed E-state index contributed by atoms with van der Waals surface area (Å²) in [5.41, 5.74) is 0. The first-order chi connectivity index (χ1) is 36.0. The Morgan fingerprint density at radius 1 is 0.370 bits per heavy atom. The molecule has 0 saturated carbocycles. The molecular formula is C67H129NO5. The van der Waals surface area contributed by atoms with E-state index in [9.17, 15) is 19.8 Å². The number of allylic oxidation sites excluding steroid dienone is 3. The van der Waals surface area contributed by atoms with E-state index in [-0.39, 0.29) is 18.5 Å². The van der Waals surface area contributed by atoms with Gasteiger partial charge in [0.25, 0.3) is 0 Å². The molecular weight excluding hydrogens is 899 g/mol. The van der Waals surface area contributed by atoms with E-state index < -0.39 is 12.1 Å². The lowest BCUT2D eigenvalue weighted by Crippen LogP contribution is -2.45. The fraction of sp³-hybridized carbons (Fsp3) is 0.910. The minimum atomic E-state index is -0.840. The predicted octanol–water partition coefficient (Wildman–Crippen LogP) is 21.0. The van der Waals surface area contributed by atoms with Crippen molar-refractivity contribution in [1.82, 2.24) is 5.32 Å². The van der Waals surface area contributed by atoms with E-state index in [1.807, 2.05) is 6.08 Å². The average molecular weight is 1030 g/mol. The number of rotatable bonds is 62. The summed E-state index contributed by atoms with van der Waals surface area (Å²) in [6.07, 6.45) is 78.3. The molecule has 432 valence electrons. The van der Waals surface area contributed by atoms with E-state index in [1.54, 1.807) is 6.08 Å². The summed E-state index contributed by atoms with van der Waals surface area (Å²) in [5, 5.41) is 23.0. The highest BCUT2D eigenvalue weighted by atomic mass is 16.5. The van der Waals surface area contributed by atoms with Crippen molar-refractivity contribution < 1.29 is 24.5 Å². The van der Waals surface area contributed by atoms with Crippen LogP contribution in [0.4, 0.5) is 0 Å². The molecule has 6 nitrogen and oxygen atoms in total. The Kier molecular flexibility index (Phi) is 61.4. The maximum Gasteiger partial charge on any atom is 0.305 e. The first kappa shape index (κ1) is 71.3. The molecule has 0 bridgehead atoms. The van der Waals surface area contributed by atoms with Crippen LogP contribution >= 0.6 is 0 Å². The standard InChI is InChI=1S/C67H129NO5/c1-3-5-7-9-11-13-14-15-34-38-41-45-49-53-57-61-67(72)73-62-58-54-50-46-42-39-36-33-31-29-27-25-23-21-19-17-16-18-20-22-24-26-28-30-32-35-37-40-44-48-52-56-60-66(71)68-64(63-69)65(70)59-55-51-47-43-12-10-8-6-4-2/h19,21,55,59,64-65,69-70H,3-18,20,22-54,56-58,60-63H2,1-2H3,(H,68,71)/b21-19-,59-55+. The van der Waals surface area contributed by atoms with E-state index in [1.165, 1.54) is 302 Å². The van der Waals surface area contributed by atoms with Crippen molar-refractivity contribution in [3.05, 3.63) is 24.3 Å². The second kappa shape index (κ2) is 62.9. The number of ether oxygens (including phenoxy) is 1. The predicted molar refractivity (Wildman–Crippen MR) is 320 cm³/mol. The van der Waals surface area contributed by atoms with Crippen LogP contribution in [-0.4, -0.2) is 47.4 Å². The molecule has 3 N–H and O–H groups in total. The van der Waals surface area contributed by atoms with Crippen LogP contribution in [0.1, 0.15) is 367 Å². The summed E-state index contributed by atoms with van der Waals surface area (Å²) in [6.45, 7) is 4.90. The Morgan fingerprint density at radius 2 is 0.644 bits per heavy atom. The van der Waals surface area contributed by atoms with Gasteiger partial charge in [-0.05, 0) is 57.8 Å². The number of aliphatic hydroxyl groups excluding tert-OH is 2. The Hall–Kier alpha value is -1.66. The van der Waals surface area contributed by atoms with Gasteiger partial charge >= 0.3 is 5.97 Å². The molecule has 0 aliphatic carbocycles. The molecule has 73 heavy (non-hydrogen) atoms. The SMILES string of the molecule is CCCCCCCCC/C=C/C(O)C(CO)NC(=O)CCCCCCCCCCCCCCCCCC/C=C\CCCCCCCCCCCCCCOC(=O)CCCCCCCCCCCCCCCCC. The summed E-state index contributed by atoms with van der Waals surface area (Å²) in [7, 11) is 0. The minimum Gasteiger partial charge on any atom is -0.466 e. The third-order valence-corrected chi connectivity index (χ3v) is 15.5. The molecule has 2 atom stereocenters. The van der Waals surface area contributed by atoms with Crippen LogP contribution < -0.4 is 5.32 Å². The summed E-state index contributed by atoms with van der Waals surface area (Å²) < 4.78 is 5.50. The van der Waals surface area contributed by atoms with Crippen molar-refractivity contribution in [2.24, 2.45) is 0 Å². The number of carbonyl (C=O) groups is 2. The van der Waals surface area contributed by atoms with Gasteiger partial charge in [0.1, 0.15) is 0 Å². The van der Waals surface area contributed by atoms with E-state index in [2.05, 4.69) is 31.3 Å². The lowest BCUT2D eigenvalue weighted by Gasteiger charge is -2.20. The minimum absolute atomic E-state index is 0.0211. The molecule has 0 heterocycles. The van der Waals surface area contributed by atoms with Gasteiger partial charge in [-0.2, -0.15) is 0 Å². The quantitative estimate of drug-likeness (QED) is 0.0320. The zero-order chi connectivity index (χ0) is 52.9. The molecule has 0 aliphatic rings. The number of aliphatic hydroxyl groups is 2. The van der Waals surface area contributed by atoms with E-state index in [4.69, 9.17) is 4.74 Å². The summed E-state index contributed by atoms with van der Waals surface area (Å²) in [5.74, 6) is -0.0457. The topological polar surface area (TPSA) is 95.9 Å². The summed E-state index contributed by atoms with van der Waals surface area (Å²) in [4.78, 5) is 24.5. The van der Waals surface area contributed by atoms with Crippen LogP contribution in [0.25, 0.3) is 0 Å². The number of esters is 1. The van der Waals surface area contributed by atoms with Crippen LogP contribution in [-0.2, 0) is 14.3 Å². The van der Waals surface area contributed by atoms with Crippen molar-refractivity contribution in [1.29, 1.82) is 0 Å². The largest absolute Gasteiger partial charge is 0.466 e. The number of nitrogens with one attached hydrogen (secondary N) is 1. The Labute approximate surface area is 456 Å². The van der Waals surface area contributed by atoms with E-state index >= 15 is 0 Å². The smallest absolute Gasteiger partial charge is 0.305 e. The Morgan fingerprint density at radius 3 is 0.973 bits per heavy atom. The van der Waals surface area contributed by atoms with Gasteiger partial charge in [0.2, 0.25) is 5.91 Å². The molecule has 0 aromatic rings. The van der Waals surface area contributed by atoms with Crippen LogP contribution in [0, 0.1) is 0 Å². The van der Waals surface area contributed by atoms with Gasteiger partial charge in [-0.15, -0.1) is 0 Å². The highest BCUT2D eigenvalue weighted by Gasteiger charge is 2.18. The zero-order valence-corrected chi connectivity index (χ0v) is 49.4. The van der Waals surface area contributed by atoms with Crippen molar-refractivity contribution >= 4 is 11.9 Å². The van der Waals surface area contributed by atoms with Crippen molar-refractivity contribution in [2.75, 3.05) is 13.2 Å². The Bertz CT molecular complexity index is 1140. The monoisotopic (exact) mass is 1030 g/mol. The van der Waals surface area contributed by atoms with E-state index in [0.717, 1.165) is 38.5 Å². The molecule has 0 rings (SSSR count). The van der Waals surface area contributed by atoms with Crippen LogP contribution in [0.5, 0.6) is 0 Å². The highest BCUT2D eigenvalue weighted by molar-refractivity contribution is 5.76. The molecule has 0 fully saturated rings. The van der Waals surface area contributed by atoms with Gasteiger partial charge in [-0.25, -0.2) is 0 Å². The van der Waals surface area contributed by atoms with Gasteiger partial charge in [0.15, 0.2) is 0 Å². The van der Waals surface area contributed by atoms with Crippen LogP contribution in [0.2, 0.25) is 0 Å². The second-order valence-electron chi connectivity index (χ2n) is 22.8. The normalized spacial score (nSPS) is 12.7. The highest BCUT2D eigenvalue weighted by Crippen LogP contribution is 2.18. The van der Waals surface area contributed by atoms with Gasteiger partial charge in [0.05, 0.1) is 25.4 Å². The lowest BCUT2D eigenvalue weighted by atomic mass is 10.0. The fourth-order valence-electron chi connectivity index (χ4n) is 10.4. The fourth-order valence-corrected chi connectivity index (χ4v) is 10.4.